The SMILES string of the molecule is CC1=C(C#N)[C@@H](c2ccc(C#N)cc2S(C)(=O)=O)N(C(=O)NN(CCO)CCO)C(=O)N1c1cccc(C(F)(F)F)c1. The number of hydrogen-bond acceptors (Lipinski definition) is 9. The van der Waals surface area contributed by atoms with Crippen LogP contribution in [0, 0.1) is 22.7 Å². The highest BCUT2D eigenvalue weighted by Gasteiger charge is 2.45. The Labute approximate surface area is 239 Å². The maximum absolute atomic E-state index is 14.0. The number of imide groups is 1. The number of nitriles is 2. The van der Waals surface area contributed by atoms with Crippen molar-refractivity contribution in [3.05, 3.63) is 70.4 Å². The van der Waals surface area contributed by atoms with E-state index in [9.17, 15) is 51.9 Å². The van der Waals surface area contributed by atoms with Gasteiger partial charge in [-0.2, -0.15) is 23.7 Å². The first kappa shape index (κ1) is 32.0. The maximum atomic E-state index is 14.0. The van der Waals surface area contributed by atoms with Crippen molar-refractivity contribution in [1.82, 2.24) is 15.3 Å². The number of hydrazine groups is 1. The molecule has 0 saturated carbocycles. The lowest BCUT2D eigenvalue weighted by atomic mass is 9.93. The van der Waals surface area contributed by atoms with Crippen molar-refractivity contribution in [3.63, 3.8) is 0 Å². The lowest BCUT2D eigenvalue weighted by molar-refractivity contribution is -0.137. The molecule has 12 nitrogen and oxygen atoms in total. The molecule has 0 spiro atoms. The number of halogens is 3. The molecule has 0 unspecified atom stereocenters. The number of allylic oxidation sites excluding steroid dienone is 1. The lowest BCUT2D eigenvalue weighted by Crippen LogP contribution is -2.58. The van der Waals surface area contributed by atoms with E-state index in [4.69, 9.17) is 0 Å². The minimum Gasteiger partial charge on any atom is -0.395 e. The molecule has 0 saturated heterocycles. The van der Waals surface area contributed by atoms with E-state index in [0.717, 1.165) is 46.5 Å². The molecule has 42 heavy (non-hydrogen) atoms. The second-order valence-electron chi connectivity index (χ2n) is 9.04. The van der Waals surface area contributed by atoms with E-state index in [1.807, 2.05) is 6.07 Å². The number of nitrogens with one attached hydrogen (secondary N) is 1. The summed E-state index contributed by atoms with van der Waals surface area (Å²) in [6, 6.07) is 6.48. The van der Waals surface area contributed by atoms with Crippen molar-refractivity contribution < 1.29 is 41.4 Å². The number of nitrogens with zero attached hydrogens (tertiary/aromatic N) is 5. The molecule has 16 heteroatoms. The van der Waals surface area contributed by atoms with Gasteiger partial charge in [-0.1, -0.05) is 12.1 Å². The van der Waals surface area contributed by atoms with Gasteiger partial charge < -0.3 is 10.2 Å². The summed E-state index contributed by atoms with van der Waals surface area (Å²) in [5.74, 6) is 0. The fourth-order valence-electron chi connectivity index (χ4n) is 4.38. The highest BCUT2D eigenvalue weighted by Crippen LogP contribution is 2.42. The molecule has 0 radical (unpaired) electrons. The van der Waals surface area contributed by atoms with E-state index >= 15 is 0 Å². The zero-order chi connectivity index (χ0) is 31.4. The summed E-state index contributed by atoms with van der Waals surface area (Å²) >= 11 is 0. The first-order valence-corrected chi connectivity index (χ1v) is 14.0. The van der Waals surface area contributed by atoms with Gasteiger partial charge in [-0.25, -0.2) is 27.9 Å². The monoisotopic (exact) mass is 606 g/mol. The van der Waals surface area contributed by atoms with Gasteiger partial charge in [0.15, 0.2) is 9.84 Å². The third kappa shape index (κ3) is 6.53. The minimum atomic E-state index is -4.79. The largest absolute Gasteiger partial charge is 0.416 e. The Morgan fingerprint density at radius 1 is 1.10 bits per heavy atom. The van der Waals surface area contributed by atoms with Gasteiger partial charge in [0.2, 0.25) is 0 Å². The van der Waals surface area contributed by atoms with Crippen LogP contribution in [0.5, 0.6) is 0 Å². The molecule has 1 aliphatic heterocycles. The minimum absolute atomic E-state index is 0.0702. The van der Waals surface area contributed by atoms with Crippen molar-refractivity contribution in [2.75, 3.05) is 37.5 Å². The van der Waals surface area contributed by atoms with E-state index in [0.29, 0.717) is 11.0 Å². The summed E-state index contributed by atoms with van der Waals surface area (Å²) < 4.78 is 66.0. The van der Waals surface area contributed by atoms with Crippen LogP contribution in [0.15, 0.2) is 58.6 Å². The quantitative estimate of drug-likeness (QED) is 0.381. The first-order chi connectivity index (χ1) is 19.7. The number of carbonyl (C=O) groups is 2. The Balaban J connectivity index is 2.35. The standard InChI is InChI=1S/C26H25F3N6O6S/c1-16-21(15-31)23(20-7-6-17(14-30)12-22(20)42(2,40)41)35(24(38)32-33(8-10-36)9-11-37)25(39)34(16)19-5-3-4-18(13-19)26(27,28)29/h3-7,12-13,23,36-37H,8-11H2,1-2H3,(H,32,38)/t23-/m1/s1. The molecule has 3 rings (SSSR count). The smallest absolute Gasteiger partial charge is 0.395 e. The Bertz CT molecular complexity index is 1610. The van der Waals surface area contributed by atoms with Gasteiger partial charge >= 0.3 is 18.2 Å². The number of benzene rings is 2. The van der Waals surface area contributed by atoms with Gasteiger partial charge in [0.25, 0.3) is 0 Å². The second-order valence-corrected chi connectivity index (χ2v) is 11.0. The van der Waals surface area contributed by atoms with Crippen molar-refractivity contribution in [3.8, 4) is 12.1 Å². The molecule has 2 aromatic rings. The highest BCUT2D eigenvalue weighted by molar-refractivity contribution is 7.90. The van der Waals surface area contributed by atoms with E-state index in [2.05, 4.69) is 5.43 Å². The van der Waals surface area contributed by atoms with Crippen LogP contribution in [-0.2, 0) is 16.0 Å². The summed E-state index contributed by atoms with van der Waals surface area (Å²) in [6.07, 6.45) is -3.96. The third-order valence-corrected chi connectivity index (χ3v) is 7.41. The molecular weight excluding hydrogens is 581 g/mol. The van der Waals surface area contributed by atoms with Crippen LogP contribution in [-0.4, -0.2) is 73.2 Å². The number of alkyl halides is 3. The Morgan fingerprint density at radius 3 is 2.26 bits per heavy atom. The van der Waals surface area contributed by atoms with Crippen molar-refractivity contribution in [2.45, 2.75) is 24.0 Å². The second kappa shape index (κ2) is 12.6. The molecule has 0 bridgehead atoms. The topological polar surface area (TPSA) is 178 Å². The summed E-state index contributed by atoms with van der Waals surface area (Å²) in [7, 11) is -4.13. The molecule has 222 valence electrons. The van der Waals surface area contributed by atoms with Crippen LogP contribution in [0.2, 0.25) is 0 Å². The van der Waals surface area contributed by atoms with Gasteiger partial charge in [-0.3, -0.25) is 10.3 Å². The van der Waals surface area contributed by atoms with E-state index in [1.54, 1.807) is 6.07 Å². The molecule has 3 N–H and O–H groups in total. The molecule has 2 aromatic carbocycles. The number of carbonyl (C=O) groups excluding carboxylic acids is 2. The number of rotatable bonds is 8. The number of aliphatic hydroxyl groups excluding tert-OH is 2. The molecule has 1 heterocycles. The summed E-state index contributed by atoms with van der Waals surface area (Å²) in [5, 5.41) is 39.3. The number of anilines is 1. The fraction of sp³-hybridized carbons (Fsp3) is 0.308. The highest BCUT2D eigenvalue weighted by atomic mass is 32.2. The number of hydrogen-bond donors (Lipinski definition) is 3. The molecular formula is C26H25F3N6O6S. The van der Waals surface area contributed by atoms with Gasteiger partial charge in [0, 0.05) is 25.0 Å². The average Bonchev–Trinajstić information content (AvgIpc) is 2.92. The molecule has 0 aromatic heterocycles. The fourth-order valence-corrected chi connectivity index (χ4v) is 5.33. The zero-order valence-corrected chi connectivity index (χ0v) is 23.1. The van der Waals surface area contributed by atoms with Crippen LogP contribution >= 0.6 is 0 Å². The van der Waals surface area contributed by atoms with Crippen molar-refractivity contribution in [2.24, 2.45) is 0 Å². The van der Waals surface area contributed by atoms with Crippen LogP contribution in [0.25, 0.3) is 0 Å². The number of urea groups is 2. The van der Waals surface area contributed by atoms with Gasteiger partial charge in [0.05, 0.1) is 52.6 Å². The van der Waals surface area contributed by atoms with Crippen LogP contribution in [0.1, 0.15) is 29.7 Å². The first-order valence-electron chi connectivity index (χ1n) is 12.1. The summed E-state index contributed by atoms with van der Waals surface area (Å²) in [4.78, 5) is 28.4. The maximum Gasteiger partial charge on any atom is 0.416 e. The number of amides is 4. The van der Waals surface area contributed by atoms with E-state index < -0.39 is 57.8 Å². The van der Waals surface area contributed by atoms with E-state index in [1.165, 1.54) is 13.0 Å². The molecule has 4 amide bonds. The normalized spacial score (nSPS) is 16.0. The van der Waals surface area contributed by atoms with Crippen LogP contribution in [0.4, 0.5) is 28.4 Å². The van der Waals surface area contributed by atoms with Gasteiger partial charge in [-0.05, 0) is 42.8 Å². The van der Waals surface area contributed by atoms with Crippen molar-refractivity contribution >= 4 is 27.6 Å². The molecule has 0 aliphatic carbocycles. The predicted octanol–water partition coefficient (Wildman–Crippen LogP) is 2.67. The Kier molecular flexibility index (Phi) is 9.60. The molecule has 1 aliphatic rings. The third-order valence-electron chi connectivity index (χ3n) is 6.26. The lowest BCUT2D eigenvalue weighted by Gasteiger charge is -2.41. The molecule has 0 fully saturated rings. The number of aliphatic hydroxyl groups is 2. The van der Waals surface area contributed by atoms with Gasteiger partial charge in [-0.15, -0.1) is 0 Å². The Morgan fingerprint density at radius 2 is 1.74 bits per heavy atom. The summed E-state index contributed by atoms with van der Waals surface area (Å²) in [6.45, 7) is -0.120. The van der Waals surface area contributed by atoms with Crippen LogP contribution in [0.3, 0.4) is 0 Å². The average molecular weight is 607 g/mol. The predicted molar refractivity (Wildman–Crippen MR) is 141 cm³/mol. The van der Waals surface area contributed by atoms with Gasteiger partial charge in [0.1, 0.15) is 6.04 Å². The number of sulfone groups is 1. The zero-order valence-electron chi connectivity index (χ0n) is 22.3. The molecule has 1 atom stereocenters. The van der Waals surface area contributed by atoms with Crippen molar-refractivity contribution in [1.29, 1.82) is 10.5 Å². The summed E-state index contributed by atoms with van der Waals surface area (Å²) in [5.41, 5.74) is 0.0347. The van der Waals surface area contributed by atoms with Crippen LogP contribution < -0.4 is 10.3 Å². The Hall–Kier alpha value is -4.48. The van der Waals surface area contributed by atoms with E-state index in [-0.39, 0.29) is 41.2 Å².